The first-order valence-electron chi connectivity index (χ1n) is 12.1. The Kier molecular flexibility index (Phi) is 6.90. The third-order valence-electron chi connectivity index (χ3n) is 6.78. The zero-order chi connectivity index (χ0) is 26.0. The van der Waals surface area contributed by atoms with Gasteiger partial charge in [0.25, 0.3) is 15.9 Å². The Morgan fingerprint density at radius 3 is 2.41 bits per heavy atom. The summed E-state index contributed by atoms with van der Waals surface area (Å²) < 4.78 is 43.3. The predicted octanol–water partition coefficient (Wildman–Crippen LogP) is 4.69. The zero-order valence-electron chi connectivity index (χ0n) is 20.3. The number of para-hydroxylation sites is 1. The number of sulfonamides is 1. The monoisotopic (exact) mass is 518 g/mol. The number of carbonyl (C=O) groups excluding carboxylic acids is 1. The summed E-state index contributed by atoms with van der Waals surface area (Å²) >= 11 is 0. The highest BCUT2D eigenvalue weighted by Crippen LogP contribution is 2.26. The van der Waals surface area contributed by atoms with Crippen LogP contribution < -0.4 is 4.72 Å². The molecule has 37 heavy (non-hydrogen) atoms. The molecule has 0 radical (unpaired) electrons. The third-order valence-corrected chi connectivity index (χ3v) is 8.17. The van der Waals surface area contributed by atoms with E-state index in [4.69, 9.17) is 0 Å². The van der Waals surface area contributed by atoms with E-state index in [-0.39, 0.29) is 28.1 Å². The number of halogens is 1. The second-order valence-electron chi connectivity index (χ2n) is 9.05. The number of piperazine rings is 1. The molecule has 7 nitrogen and oxygen atoms in total. The van der Waals surface area contributed by atoms with E-state index < -0.39 is 15.8 Å². The molecule has 0 spiro atoms. The molecule has 0 bridgehead atoms. The summed E-state index contributed by atoms with van der Waals surface area (Å²) in [6.45, 7) is 4.62. The number of pyridine rings is 1. The van der Waals surface area contributed by atoms with Crippen LogP contribution in [-0.4, -0.2) is 55.3 Å². The van der Waals surface area contributed by atoms with E-state index in [2.05, 4.69) is 33.7 Å². The van der Waals surface area contributed by atoms with Gasteiger partial charge < -0.3 is 4.90 Å². The number of hydrogen-bond acceptors (Lipinski definition) is 5. The lowest BCUT2D eigenvalue weighted by atomic mass is 10.1. The topological polar surface area (TPSA) is 82.6 Å². The molecular weight excluding hydrogens is 491 g/mol. The Hall–Kier alpha value is -3.82. The van der Waals surface area contributed by atoms with E-state index in [1.807, 2.05) is 18.2 Å². The number of carbonyl (C=O) groups is 1. The Bertz CT molecular complexity index is 1530. The summed E-state index contributed by atoms with van der Waals surface area (Å²) in [6.07, 6.45) is 1.50. The molecule has 1 unspecified atom stereocenters. The van der Waals surface area contributed by atoms with Crippen molar-refractivity contribution in [1.82, 2.24) is 14.8 Å². The van der Waals surface area contributed by atoms with Crippen molar-refractivity contribution in [2.45, 2.75) is 17.9 Å². The first kappa shape index (κ1) is 24.9. The van der Waals surface area contributed by atoms with E-state index >= 15 is 0 Å². The molecule has 3 aromatic carbocycles. The van der Waals surface area contributed by atoms with Gasteiger partial charge in [-0.1, -0.05) is 48.5 Å². The zero-order valence-corrected chi connectivity index (χ0v) is 21.2. The van der Waals surface area contributed by atoms with Gasteiger partial charge in [-0.2, -0.15) is 0 Å². The molecule has 9 heteroatoms. The number of hydrogen-bond donors (Lipinski definition) is 1. The van der Waals surface area contributed by atoms with E-state index in [0.717, 1.165) is 6.07 Å². The van der Waals surface area contributed by atoms with Gasteiger partial charge in [-0.25, -0.2) is 12.8 Å². The molecule has 1 fully saturated rings. The van der Waals surface area contributed by atoms with Crippen molar-refractivity contribution >= 4 is 32.5 Å². The van der Waals surface area contributed by atoms with Gasteiger partial charge in [-0.15, -0.1) is 0 Å². The number of fused-ring (bicyclic) bond motifs is 1. The Morgan fingerprint density at radius 1 is 0.946 bits per heavy atom. The molecule has 1 aliphatic rings. The van der Waals surface area contributed by atoms with Gasteiger partial charge >= 0.3 is 0 Å². The minimum absolute atomic E-state index is 0.0484. The highest BCUT2D eigenvalue weighted by molar-refractivity contribution is 7.93. The molecule has 1 aromatic heterocycles. The van der Waals surface area contributed by atoms with Gasteiger partial charge in [0.15, 0.2) is 0 Å². The highest BCUT2D eigenvalue weighted by atomic mass is 32.2. The number of benzene rings is 3. The number of aromatic nitrogens is 1. The van der Waals surface area contributed by atoms with Gasteiger partial charge in [0, 0.05) is 49.4 Å². The number of anilines is 1. The average Bonchev–Trinajstić information content (AvgIpc) is 2.93. The Balaban J connectivity index is 1.27. The first-order valence-corrected chi connectivity index (χ1v) is 13.6. The van der Waals surface area contributed by atoms with E-state index in [1.165, 1.54) is 30.0 Å². The van der Waals surface area contributed by atoms with Crippen LogP contribution in [-0.2, 0) is 10.0 Å². The largest absolute Gasteiger partial charge is 0.336 e. The van der Waals surface area contributed by atoms with Crippen LogP contribution in [0, 0.1) is 5.82 Å². The Morgan fingerprint density at radius 2 is 1.68 bits per heavy atom. The molecule has 1 amide bonds. The van der Waals surface area contributed by atoms with Gasteiger partial charge in [-0.05, 0) is 42.8 Å². The second-order valence-corrected chi connectivity index (χ2v) is 10.7. The van der Waals surface area contributed by atoms with Crippen LogP contribution in [0.4, 0.5) is 10.1 Å². The first-order chi connectivity index (χ1) is 17.8. The summed E-state index contributed by atoms with van der Waals surface area (Å²) in [5, 5.41) is 0.657. The highest BCUT2D eigenvalue weighted by Gasteiger charge is 2.26. The fraction of sp³-hybridized carbons (Fsp3) is 0.214. The maximum absolute atomic E-state index is 15.0. The lowest BCUT2D eigenvalue weighted by molar-refractivity contribution is 0.0581. The van der Waals surface area contributed by atoms with Gasteiger partial charge in [0.1, 0.15) is 10.7 Å². The van der Waals surface area contributed by atoms with Crippen LogP contribution in [0.1, 0.15) is 28.9 Å². The maximum Gasteiger partial charge on any atom is 0.264 e. The number of nitrogens with one attached hydrogen (secondary N) is 1. The standard InChI is InChI=1S/C28H27FN4O3S/c1-20(21-7-3-2-4-8-21)32-15-17-33(18-16-32)28(34)23-12-13-25(24(29)19-23)31-37(35,36)26-11-5-9-22-10-6-14-30-27(22)26/h2-14,19-20,31H,15-18H2,1H3. The van der Waals surface area contributed by atoms with Crippen molar-refractivity contribution in [3.05, 3.63) is 102 Å². The van der Waals surface area contributed by atoms with Crippen LogP contribution in [0.2, 0.25) is 0 Å². The summed E-state index contributed by atoms with van der Waals surface area (Å²) in [5.41, 5.74) is 1.47. The van der Waals surface area contributed by atoms with Crippen LogP contribution in [0.3, 0.4) is 0 Å². The van der Waals surface area contributed by atoms with Crippen molar-refractivity contribution in [3.63, 3.8) is 0 Å². The van der Waals surface area contributed by atoms with Crippen molar-refractivity contribution in [3.8, 4) is 0 Å². The van der Waals surface area contributed by atoms with Gasteiger partial charge in [0.2, 0.25) is 0 Å². The fourth-order valence-corrected chi connectivity index (χ4v) is 5.91. The van der Waals surface area contributed by atoms with Crippen LogP contribution in [0.25, 0.3) is 10.9 Å². The van der Waals surface area contributed by atoms with Gasteiger partial charge in [-0.3, -0.25) is 19.4 Å². The maximum atomic E-state index is 15.0. The summed E-state index contributed by atoms with van der Waals surface area (Å²) in [7, 11) is -4.11. The lowest BCUT2D eigenvalue weighted by Crippen LogP contribution is -2.49. The van der Waals surface area contributed by atoms with E-state index in [9.17, 15) is 17.6 Å². The second kappa shape index (κ2) is 10.3. The molecule has 0 aliphatic carbocycles. The van der Waals surface area contributed by atoms with Crippen LogP contribution in [0.5, 0.6) is 0 Å². The summed E-state index contributed by atoms with van der Waals surface area (Å²) in [6, 6.07) is 22.5. The van der Waals surface area contributed by atoms with E-state index in [1.54, 1.807) is 29.2 Å². The van der Waals surface area contributed by atoms with E-state index in [0.29, 0.717) is 37.1 Å². The molecule has 1 aliphatic heterocycles. The average molecular weight is 519 g/mol. The molecule has 1 N–H and O–H groups in total. The van der Waals surface area contributed by atoms with Crippen molar-refractivity contribution in [2.75, 3.05) is 30.9 Å². The molecule has 4 aromatic rings. The fourth-order valence-electron chi connectivity index (χ4n) is 4.66. The molecule has 5 rings (SSSR count). The van der Waals surface area contributed by atoms with Crippen LogP contribution in [0.15, 0.2) is 90.0 Å². The molecule has 1 saturated heterocycles. The molecular formula is C28H27FN4O3S. The normalized spacial score (nSPS) is 15.5. The van der Waals surface area contributed by atoms with Gasteiger partial charge in [0.05, 0.1) is 11.2 Å². The number of nitrogens with zero attached hydrogens (tertiary/aromatic N) is 3. The Labute approximate surface area is 215 Å². The molecule has 0 saturated carbocycles. The van der Waals surface area contributed by atoms with Crippen LogP contribution >= 0.6 is 0 Å². The minimum atomic E-state index is -4.11. The van der Waals surface area contributed by atoms with Crippen molar-refractivity contribution < 1.29 is 17.6 Å². The van der Waals surface area contributed by atoms with Crippen molar-refractivity contribution in [1.29, 1.82) is 0 Å². The molecule has 190 valence electrons. The quantitative estimate of drug-likeness (QED) is 0.400. The SMILES string of the molecule is CC(c1ccccc1)N1CCN(C(=O)c2ccc(NS(=O)(=O)c3cccc4cccnc34)c(F)c2)CC1. The lowest BCUT2D eigenvalue weighted by Gasteiger charge is -2.38. The number of amides is 1. The smallest absolute Gasteiger partial charge is 0.264 e. The summed E-state index contributed by atoms with van der Waals surface area (Å²) in [5.74, 6) is -1.10. The minimum Gasteiger partial charge on any atom is -0.336 e. The number of rotatable bonds is 6. The third kappa shape index (κ3) is 5.19. The van der Waals surface area contributed by atoms with Crippen molar-refractivity contribution in [2.24, 2.45) is 0 Å². The molecule has 2 heterocycles. The molecule has 1 atom stereocenters. The predicted molar refractivity (Wildman–Crippen MR) is 141 cm³/mol. The summed E-state index contributed by atoms with van der Waals surface area (Å²) in [4.78, 5) is 21.2.